The van der Waals surface area contributed by atoms with E-state index in [0.29, 0.717) is 17.8 Å². The number of pyridine rings is 1. The maximum absolute atomic E-state index is 12.9. The first-order valence-electron chi connectivity index (χ1n) is 10.1. The molecule has 2 aliphatic heterocycles. The fourth-order valence-corrected chi connectivity index (χ4v) is 4.64. The SMILES string of the molecule is C[C@@H]1C[C@H](c2ccc(C3C=N3)c3ncccc23)CN(C(=O)[C@@H](N)C2CC2)C1. The highest BCUT2D eigenvalue weighted by molar-refractivity contribution is 5.92. The second-order valence-corrected chi connectivity index (χ2v) is 8.53. The van der Waals surface area contributed by atoms with Crippen LogP contribution in [-0.4, -0.2) is 41.1 Å². The van der Waals surface area contributed by atoms with Crippen molar-refractivity contribution in [3.05, 3.63) is 41.6 Å². The zero-order valence-electron chi connectivity index (χ0n) is 15.7. The molecule has 1 aliphatic carbocycles. The number of carbonyl (C=O) groups excluding carboxylic acids is 1. The number of fused-ring (bicyclic) bond motifs is 1. The van der Waals surface area contributed by atoms with Gasteiger partial charge in [-0.05, 0) is 42.7 Å². The Labute approximate surface area is 159 Å². The monoisotopic (exact) mass is 362 g/mol. The average Bonchev–Trinajstić information content (AvgIpc) is 3.57. The number of likely N-dealkylation sites (tertiary alicyclic amines) is 1. The summed E-state index contributed by atoms with van der Waals surface area (Å²) in [4.78, 5) is 23.9. The molecule has 27 heavy (non-hydrogen) atoms. The second-order valence-electron chi connectivity index (χ2n) is 8.53. The predicted octanol–water partition coefficient (Wildman–Crippen LogP) is 3.05. The molecule has 1 saturated heterocycles. The van der Waals surface area contributed by atoms with Crippen LogP contribution in [0.4, 0.5) is 0 Å². The summed E-state index contributed by atoms with van der Waals surface area (Å²) in [6.45, 7) is 3.81. The minimum atomic E-state index is -0.316. The van der Waals surface area contributed by atoms with Crippen LogP contribution in [-0.2, 0) is 4.79 Å². The van der Waals surface area contributed by atoms with Gasteiger partial charge in [0.25, 0.3) is 0 Å². The molecule has 1 aromatic heterocycles. The number of benzene rings is 1. The predicted molar refractivity (Wildman–Crippen MR) is 107 cm³/mol. The van der Waals surface area contributed by atoms with E-state index in [0.717, 1.165) is 37.9 Å². The molecule has 0 radical (unpaired) electrons. The Kier molecular flexibility index (Phi) is 4.01. The molecule has 3 aliphatic rings. The van der Waals surface area contributed by atoms with Crippen molar-refractivity contribution in [1.29, 1.82) is 0 Å². The van der Waals surface area contributed by atoms with Gasteiger partial charge >= 0.3 is 0 Å². The van der Waals surface area contributed by atoms with Crippen LogP contribution in [0.5, 0.6) is 0 Å². The first-order chi connectivity index (χ1) is 13.1. The van der Waals surface area contributed by atoms with Gasteiger partial charge in [0.15, 0.2) is 0 Å². The summed E-state index contributed by atoms with van der Waals surface area (Å²) < 4.78 is 0. The summed E-state index contributed by atoms with van der Waals surface area (Å²) in [5, 5.41) is 1.20. The van der Waals surface area contributed by atoms with Crippen LogP contribution in [0.2, 0.25) is 0 Å². The maximum atomic E-state index is 12.9. The molecular formula is C22H26N4O. The lowest BCUT2D eigenvalue weighted by molar-refractivity contribution is -0.135. The number of aromatic nitrogens is 1. The molecule has 0 bridgehead atoms. The molecule has 2 aromatic rings. The van der Waals surface area contributed by atoms with Gasteiger partial charge in [-0.3, -0.25) is 14.8 Å². The summed E-state index contributed by atoms with van der Waals surface area (Å²) in [7, 11) is 0. The Balaban J connectivity index is 1.46. The zero-order valence-corrected chi connectivity index (χ0v) is 15.7. The minimum Gasteiger partial charge on any atom is -0.340 e. The van der Waals surface area contributed by atoms with Crippen LogP contribution in [0.1, 0.15) is 49.3 Å². The largest absolute Gasteiger partial charge is 0.340 e. The normalized spacial score (nSPS) is 28.4. The molecule has 4 atom stereocenters. The molecule has 2 N–H and O–H groups in total. The van der Waals surface area contributed by atoms with E-state index >= 15 is 0 Å². The number of amides is 1. The molecule has 5 heteroatoms. The number of rotatable bonds is 4. The third-order valence-corrected chi connectivity index (χ3v) is 6.28. The van der Waals surface area contributed by atoms with Gasteiger partial charge in [0.1, 0.15) is 6.04 Å². The first kappa shape index (κ1) is 16.9. The third kappa shape index (κ3) is 3.14. The average molecular weight is 362 g/mol. The molecule has 2 fully saturated rings. The quantitative estimate of drug-likeness (QED) is 0.909. The van der Waals surface area contributed by atoms with Crippen LogP contribution in [0.3, 0.4) is 0 Å². The summed E-state index contributed by atoms with van der Waals surface area (Å²) in [5.74, 6) is 1.33. The lowest BCUT2D eigenvalue weighted by Gasteiger charge is -2.38. The van der Waals surface area contributed by atoms with Gasteiger partial charge in [0.05, 0.1) is 11.6 Å². The standard InChI is InChI=1S/C22H26N4O/c1-13-9-15(12-26(11-13)22(27)20(23)14-4-5-14)16-6-7-18(19-10-25-19)21-17(16)3-2-8-24-21/h2-3,6-8,10,13-15,19-20H,4-5,9,11-12,23H2,1H3/t13-,15+,19?,20+/m1/s1. The lowest BCUT2D eigenvalue weighted by atomic mass is 9.82. The van der Waals surface area contributed by atoms with Crippen LogP contribution in [0.25, 0.3) is 10.9 Å². The summed E-state index contributed by atoms with van der Waals surface area (Å²) in [6.07, 6.45) is 7.10. The van der Waals surface area contributed by atoms with Gasteiger partial charge in [-0.25, -0.2) is 0 Å². The summed E-state index contributed by atoms with van der Waals surface area (Å²) in [5.41, 5.74) is 9.74. The van der Waals surface area contributed by atoms with Gasteiger partial charge in [-0.15, -0.1) is 0 Å². The maximum Gasteiger partial charge on any atom is 0.239 e. The molecule has 1 unspecified atom stereocenters. The molecule has 5 rings (SSSR count). The van der Waals surface area contributed by atoms with E-state index in [9.17, 15) is 4.79 Å². The number of aliphatic imine (C=N–C) groups is 1. The Morgan fingerprint density at radius 2 is 2.00 bits per heavy atom. The van der Waals surface area contributed by atoms with Crippen molar-refractivity contribution >= 4 is 23.0 Å². The smallest absolute Gasteiger partial charge is 0.239 e. The summed E-state index contributed by atoms with van der Waals surface area (Å²) >= 11 is 0. The zero-order chi connectivity index (χ0) is 18.5. The highest BCUT2D eigenvalue weighted by atomic mass is 16.2. The van der Waals surface area contributed by atoms with Crippen molar-refractivity contribution in [3.8, 4) is 0 Å². The summed E-state index contributed by atoms with van der Waals surface area (Å²) in [6, 6.07) is 8.43. The molecule has 5 nitrogen and oxygen atoms in total. The van der Waals surface area contributed by atoms with E-state index in [-0.39, 0.29) is 18.0 Å². The fourth-order valence-electron chi connectivity index (χ4n) is 4.64. The van der Waals surface area contributed by atoms with Crippen molar-refractivity contribution in [2.24, 2.45) is 22.6 Å². The molecule has 1 saturated carbocycles. The molecule has 1 amide bonds. The Morgan fingerprint density at radius 3 is 2.74 bits per heavy atom. The minimum absolute atomic E-state index is 0.138. The van der Waals surface area contributed by atoms with Gasteiger partial charge in [0.2, 0.25) is 5.91 Å². The second kappa shape index (κ2) is 6.41. The molecule has 1 aromatic carbocycles. The highest BCUT2D eigenvalue weighted by Gasteiger charge is 2.38. The molecular weight excluding hydrogens is 336 g/mol. The number of hydrogen-bond acceptors (Lipinski definition) is 4. The Morgan fingerprint density at radius 1 is 1.22 bits per heavy atom. The van der Waals surface area contributed by atoms with Crippen molar-refractivity contribution in [2.45, 2.75) is 44.2 Å². The van der Waals surface area contributed by atoms with Crippen LogP contribution in [0.15, 0.2) is 35.5 Å². The van der Waals surface area contributed by atoms with Gasteiger partial charge in [-0.2, -0.15) is 0 Å². The van der Waals surface area contributed by atoms with E-state index in [1.807, 2.05) is 23.4 Å². The van der Waals surface area contributed by atoms with Gasteiger partial charge in [-0.1, -0.05) is 25.1 Å². The van der Waals surface area contributed by atoms with Gasteiger partial charge in [0, 0.05) is 42.4 Å². The Hall–Kier alpha value is -2.27. The van der Waals surface area contributed by atoms with E-state index in [2.05, 4.69) is 35.1 Å². The Bertz CT molecular complexity index is 914. The number of hydrogen-bond donors (Lipinski definition) is 1. The topological polar surface area (TPSA) is 71.6 Å². The number of nitrogens with two attached hydrogens (primary N) is 1. The van der Waals surface area contributed by atoms with Crippen molar-refractivity contribution in [1.82, 2.24) is 9.88 Å². The van der Waals surface area contributed by atoms with Gasteiger partial charge < -0.3 is 10.6 Å². The molecule has 140 valence electrons. The molecule has 3 heterocycles. The van der Waals surface area contributed by atoms with E-state index < -0.39 is 0 Å². The van der Waals surface area contributed by atoms with E-state index in [4.69, 9.17) is 5.73 Å². The van der Waals surface area contributed by atoms with Crippen LogP contribution >= 0.6 is 0 Å². The van der Waals surface area contributed by atoms with E-state index in [1.165, 1.54) is 16.5 Å². The first-order valence-corrected chi connectivity index (χ1v) is 10.1. The molecule has 0 spiro atoms. The fraction of sp³-hybridized carbons (Fsp3) is 0.500. The number of carbonyl (C=O) groups is 1. The van der Waals surface area contributed by atoms with Crippen molar-refractivity contribution in [3.63, 3.8) is 0 Å². The highest BCUT2D eigenvalue weighted by Crippen LogP contribution is 2.39. The van der Waals surface area contributed by atoms with E-state index in [1.54, 1.807) is 0 Å². The van der Waals surface area contributed by atoms with Crippen molar-refractivity contribution in [2.75, 3.05) is 13.1 Å². The third-order valence-electron chi connectivity index (χ3n) is 6.28. The van der Waals surface area contributed by atoms with Crippen molar-refractivity contribution < 1.29 is 4.79 Å². The van der Waals surface area contributed by atoms with Crippen LogP contribution in [0, 0.1) is 11.8 Å². The lowest BCUT2D eigenvalue weighted by Crippen LogP contribution is -2.50. The number of piperidine rings is 1. The van der Waals surface area contributed by atoms with Crippen LogP contribution < -0.4 is 5.73 Å². The number of nitrogens with zero attached hydrogens (tertiary/aromatic N) is 3.